The monoisotopic (exact) mass is 316 g/mol. The fourth-order valence-corrected chi connectivity index (χ4v) is 4.59. The third kappa shape index (κ3) is 3.53. The summed E-state index contributed by atoms with van der Waals surface area (Å²) in [5.74, 6) is -0.0153. The second-order valence-corrected chi connectivity index (χ2v) is 8.47. The van der Waals surface area contributed by atoms with Crippen molar-refractivity contribution < 1.29 is 8.42 Å². The van der Waals surface area contributed by atoms with E-state index in [0.717, 1.165) is 14.2 Å². The Balaban J connectivity index is 2.90. The molecule has 1 aromatic rings. The summed E-state index contributed by atoms with van der Waals surface area (Å²) in [4.78, 5) is 1.06. The van der Waals surface area contributed by atoms with Crippen LogP contribution in [0.25, 0.3) is 0 Å². The molecule has 0 aliphatic carbocycles. The Morgan fingerprint density at radius 2 is 2.21 bits per heavy atom. The van der Waals surface area contributed by atoms with Crippen LogP contribution in [0.3, 0.4) is 0 Å². The molecule has 0 saturated heterocycles. The summed E-state index contributed by atoms with van der Waals surface area (Å²) >= 11 is 10.9. The average molecular weight is 318 g/mol. The predicted molar refractivity (Wildman–Crippen MR) is 65.1 cm³/mol. The number of aryl methyl sites for hydroxylation is 1. The normalized spacial score (nSPS) is 14.3. The summed E-state index contributed by atoms with van der Waals surface area (Å²) in [7, 11) is -3.02. The molecule has 0 aliphatic rings. The Morgan fingerprint density at radius 3 is 2.57 bits per heavy atom. The smallest absolute Gasteiger partial charge is 0.149 e. The molecule has 1 rings (SSSR count). The van der Waals surface area contributed by atoms with Gasteiger partial charge in [-0.3, -0.25) is 0 Å². The van der Waals surface area contributed by atoms with Crippen LogP contribution in [0.1, 0.15) is 15.8 Å². The summed E-state index contributed by atoms with van der Waals surface area (Å²) in [6.45, 7) is 1.93. The lowest BCUT2D eigenvalue weighted by atomic mass is 10.2. The van der Waals surface area contributed by atoms with Gasteiger partial charge in [0.1, 0.15) is 9.84 Å². The molecule has 0 N–H and O–H groups in total. The maximum Gasteiger partial charge on any atom is 0.149 e. The van der Waals surface area contributed by atoms with Crippen LogP contribution in [0.2, 0.25) is 0 Å². The fourth-order valence-electron chi connectivity index (χ4n) is 1.13. The molecule has 0 saturated carbocycles. The second-order valence-electron chi connectivity index (χ2n) is 3.12. The van der Waals surface area contributed by atoms with Crippen molar-refractivity contribution in [1.82, 2.24) is 0 Å². The topological polar surface area (TPSA) is 34.1 Å². The molecule has 0 aromatic carbocycles. The van der Waals surface area contributed by atoms with Gasteiger partial charge in [0.05, 0.1) is 14.9 Å². The standard InChI is InChI=1S/C8H10BrClO2S2/c1-5-6(3-8(9)13-5)7(10)4-14(2,11)12/h3,7H,4H2,1-2H3. The van der Waals surface area contributed by atoms with Crippen molar-refractivity contribution in [2.75, 3.05) is 12.0 Å². The summed E-state index contributed by atoms with van der Waals surface area (Å²) in [6, 6.07) is 1.88. The molecule has 1 aromatic heterocycles. The van der Waals surface area contributed by atoms with Gasteiger partial charge in [-0.05, 0) is 34.5 Å². The fraction of sp³-hybridized carbons (Fsp3) is 0.500. The predicted octanol–water partition coefficient (Wildman–Crippen LogP) is 3.14. The Bertz CT molecular complexity index is 425. The minimum atomic E-state index is -3.02. The van der Waals surface area contributed by atoms with Crippen LogP contribution < -0.4 is 0 Å². The Labute approximate surface area is 101 Å². The summed E-state index contributed by atoms with van der Waals surface area (Å²) < 4.78 is 23.1. The highest BCUT2D eigenvalue weighted by Gasteiger charge is 2.18. The zero-order valence-electron chi connectivity index (χ0n) is 7.75. The first-order valence-electron chi connectivity index (χ1n) is 3.87. The molecule has 0 aliphatic heterocycles. The molecular formula is C8H10BrClO2S2. The van der Waals surface area contributed by atoms with Crippen LogP contribution in [-0.4, -0.2) is 20.4 Å². The number of alkyl halides is 1. The van der Waals surface area contributed by atoms with Gasteiger partial charge in [-0.1, -0.05) is 0 Å². The number of thiophene rings is 1. The van der Waals surface area contributed by atoms with Gasteiger partial charge in [0.2, 0.25) is 0 Å². The molecule has 2 nitrogen and oxygen atoms in total. The summed E-state index contributed by atoms with van der Waals surface area (Å²) in [5.41, 5.74) is 0.897. The van der Waals surface area contributed by atoms with Gasteiger partial charge in [-0.15, -0.1) is 22.9 Å². The first-order chi connectivity index (χ1) is 6.29. The van der Waals surface area contributed by atoms with E-state index in [2.05, 4.69) is 15.9 Å². The highest BCUT2D eigenvalue weighted by molar-refractivity contribution is 9.11. The molecule has 0 amide bonds. The Kier molecular flexibility index (Phi) is 4.03. The van der Waals surface area contributed by atoms with Crippen LogP contribution in [0.5, 0.6) is 0 Å². The second kappa shape index (κ2) is 4.51. The van der Waals surface area contributed by atoms with E-state index < -0.39 is 15.2 Å². The van der Waals surface area contributed by atoms with Gasteiger partial charge in [0.25, 0.3) is 0 Å². The van der Waals surface area contributed by atoms with Crippen molar-refractivity contribution in [3.8, 4) is 0 Å². The highest BCUT2D eigenvalue weighted by atomic mass is 79.9. The van der Waals surface area contributed by atoms with Crippen LogP contribution in [0.4, 0.5) is 0 Å². The lowest BCUT2D eigenvalue weighted by molar-refractivity contribution is 0.600. The zero-order valence-corrected chi connectivity index (χ0v) is 11.7. The summed E-state index contributed by atoms with van der Waals surface area (Å²) in [5, 5.41) is -0.451. The molecule has 1 heterocycles. The van der Waals surface area contributed by atoms with Gasteiger partial charge in [-0.25, -0.2) is 8.42 Å². The van der Waals surface area contributed by atoms with Crippen molar-refractivity contribution in [2.45, 2.75) is 12.3 Å². The van der Waals surface area contributed by atoms with Crippen LogP contribution in [0.15, 0.2) is 9.85 Å². The Morgan fingerprint density at radius 1 is 1.64 bits per heavy atom. The molecule has 6 heteroatoms. The van der Waals surface area contributed by atoms with Gasteiger partial charge in [-0.2, -0.15) is 0 Å². The minimum Gasteiger partial charge on any atom is -0.229 e. The number of hydrogen-bond acceptors (Lipinski definition) is 3. The lowest BCUT2D eigenvalue weighted by Gasteiger charge is -2.06. The number of rotatable bonds is 3. The van der Waals surface area contributed by atoms with Crippen molar-refractivity contribution in [3.63, 3.8) is 0 Å². The van der Waals surface area contributed by atoms with Gasteiger partial charge < -0.3 is 0 Å². The number of sulfone groups is 1. The van der Waals surface area contributed by atoms with Gasteiger partial charge in [0.15, 0.2) is 0 Å². The van der Waals surface area contributed by atoms with E-state index in [-0.39, 0.29) is 5.75 Å². The van der Waals surface area contributed by atoms with E-state index in [0.29, 0.717) is 0 Å². The van der Waals surface area contributed by atoms with E-state index in [9.17, 15) is 8.42 Å². The average Bonchev–Trinajstić information content (AvgIpc) is 2.26. The van der Waals surface area contributed by atoms with E-state index in [1.807, 2.05) is 13.0 Å². The SMILES string of the molecule is Cc1sc(Br)cc1C(Cl)CS(C)(=O)=O. The van der Waals surface area contributed by atoms with Crippen molar-refractivity contribution in [2.24, 2.45) is 0 Å². The molecular weight excluding hydrogens is 308 g/mol. The number of hydrogen-bond donors (Lipinski definition) is 0. The molecule has 0 spiro atoms. The Hall–Kier alpha value is 0.420. The molecule has 1 atom stereocenters. The first kappa shape index (κ1) is 12.5. The van der Waals surface area contributed by atoms with Crippen LogP contribution >= 0.6 is 38.9 Å². The van der Waals surface area contributed by atoms with Crippen molar-refractivity contribution in [3.05, 3.63) is 20.3 Å². The number of halogens is 2. The van der Waals surface area contributed by atoms with Crippen molar-refractivity contribution >= 4 is 48.7 Å². The van der Waals surface area contributed by atoms with E-state index in [1.54, 1.807) is 11.3 Å². The first-order valence-corrected chi connectivity index (χ1v) is 7.98. The third-order valence-corrected chi connectivity index (χ3v) is 4.79. The van der Waals surface area contributed by atoms with E-state index in [1.165, 1.54) is 6.26 Å². The molecule has 14 heavy (non-hydrogen) atoms. The lowest BCUT2D eigenvalue weighted by Crippen LogP contribution is -2.08. The molecule has 1 unspecified atom stereocenters. The van der Waals surface area contributed by atoms with Gasteiger partial charge in [0, 0.05) is 11.1 Å². The van der Waals surface area contributed by atoms with Crippen LogP contribution in [0, 0.1) is 6.92 Å². The highest BCUT2D eigenvalue weighted by Crippen LogP contribution is 2.34. The molecule has 0 radical (unpaired) electrons. The van der Waals surface area contributed by atoms with Crippen LogP contribution in [-0.2, 0) is 9.84 Å². The molecule has 0 fully saturated rings. The van der Waals surface area contributed by atoms with E-state index >= 15 is 0 Å². The summed E-state index contributed by atoms with van der Waals surface area (Å²) in [6.07, 6.45) is 1.19. The van der Waals surface area contributed by atoms with Gasteiger partial charge >= 0.3 is 0 Å². The zero-order chi connectivity index (χ0) is 10.9. The molecule has 0 bridgehead atoms. The van der Waals surface area contributed by atoms with Crippen molar-refractivity contribution in [1.29, 1.82) is 0 Å². The largest absolute Gasteiger partial charge is 0.229 e. The molecule has 80 valence electrons. The minimum absolute atomic E-state index is 0.0153. The van der Waals surface area contributed by atoms with E-state index in [4.69, 9.17) is 11.6 Å². The maximum absolute atomic E-state index is 11.0. The quantitative estimate of drug-likeness (QED) is 0.803. The maximum atomic E-state index is 11.0. The third-order valence-electron chi connectivity index (χ3n) is 1.71.